The molecular weight excluding hydrogens is 286 g/mol. The molecule has 0 aromatic heterocycles. The number of nitrogens with two attached hydrogens (primary N) is 1. The molecule has 0 spiro atoms. The first-order valence-corrected chi connectivity index (χ1v) is 8.30. The lowest BCUT2D eigenvalue weighted by Crippen LogP contribution is -2.32. The van der Waals surface area contributed by atoms with Gasteiger partial charge in [0.05, 0.1) is 12.7 Å². The molecule has 1 aromatic carbocycles. The van der Waals surface area contributed by atoms with Gasteiger partial charge < -0.3 is 15.7 Å². The summed E-state index contributed by atoms with van der Waals surface area (Å²) >= 11 is 1.86. The molecule has 0 heterocycles. The molecule has 0 saturated heterocycles. The zero-order valence-electron chi connectivity index (χ0n) is 13.2. The molecule has 1 rings (SSSR count). The zero-order valence-corrected chi connectivity index (χ0v) is 14.0. The summed E-state index contributed by atoms with van der Waals surface area (Å²) in [4.78, 5) is 2.33. The fourth-order valence-electron chi connectivity index (χ4n) is 2.27. The first-order valence-electron chi connectivity index (χ1n) is 6.91. The van der Waals surface area contributed by atoms with Crippen LogP contribution < -0.4 is 10.5 Å². The molecule has 3 N–H and O–H groups in total. The summed E-state index contributed by atoms with van der Waals surface area (Å²) in [6, 6.07) is 6.31. The fourth-order valence-corrected chi connectivity index (χ4v) is 3.15. The zero-order chi connectivity index (χ0) is 15.8. The third-order valence-corrected chi connectivity index (χ3v) is 4.25. The summed E-state index contributed by atoms with van der Waals surface area (Å²) < 4.78 is 5.25. The van der Waals surface area contributed by atoms with Crippen molar-refractivity contribution in [1.29, 1.82) is 0 Å². The van der Waals surface area contributed by atoms with Crippen molar-refractivity contribution in [3.05, 3.63) is 29.3 Å². The van der Waals surface area contributed by atoms with Crippen LogP contribution in [-0.2, 0) is 6.54 Å². The number of ether oxygens (including phenoxy) is 1. The van der Waals surface area contributed by atoms with E-state index in [1.54, 1.807) is 7.11 Å². The van der Waals surface area contributed by atoms with Crippen LogP contribution in [0.5, 0.6) is 5.75 Å². The van der Waals surface area contributed by atoms with Gasteiger partial charge >= 0.3 is 0 Å². The van der Waals surface area contributed by atoms with Crippen molar-refractivity contribution in [3.8, 4) is 5.75 Å². The van der Waals surface area contributed by atoms with E-state index < -0.39 is 0 Å². The van der Waals surface area contributed by atoms with Gasteiger partial charge in [-0.15, -0.1) is 0 Å². The van der Waals surface area contributed by atoms with Crippen molar-refractivity contribution < 1.29 is 9.94 Å². The van der Waals surface area contributed by atoms with E-state index in [1.807, 2.05) is 30.0 Å². The summed E-state index contributed by atoms with van der Waals surface area (Å²) in [5.74, 6) is 1.77. The Morgan fingerprint density at radius 2 is 2.24 bits per heavy atom. The molecule has 0 aliphatic rings. The van der Waals surface area contributed by atoms with Crippen molar-refractivity contribution in [2.24, 2.45) is 10.9 Å². The van der Waals surface area contributed by atoms with Crippen molar-refractivity contribution in [2.45, 2.75) is 25.9 Å². The molecule has 6 heteroatoms. The SMILES string of the molecule is CCC(CSC)N(C)Cc1ccc(OC)c(/C(N)=N/O)c1. The minimum Gasteiger partial charge on any atom is -0.496 e. The second-order valence-corrected chi connectivity index (χ2v) is 5.86. The number of thioether (sulfide) groups is 1. The third kappa shape index (κ3) is 4.82. The molecule has 1 aromatic rings. The summed E-state index contributed by atoms with van der Waals surface area (Å²) in [6.07, 6.45) is 3.24. The topological polar surface area (TPSA) is 71.1 Å². The maximum absolute atomic E-state index is 8.87. The Morgan fingerprint density at radius 3 is 2.76 bits per heavy atom. The largest absolute Gasteiger partial charge is 0.496 e. The van der Waals surface area contributed by atoms with Crippen molar-refractivity contribution in [1.82, 2.24) is 4.90 Å². The Morgan fingerprint density at radius 1 is 1.52 bits per heavy atom. The fraction of sp³-hybridized carbons (Fsp3) is 0.533. The lowest BCUT2D eigenvalue weighted by Gasteiger charge is -2.26. The second kappa shape index (κ2) is 8.79. The number of hydrogen-bond donors (Lipinski definition) is 2. The van der Waals surface area contributed by atoms with E-state index in [2.05, 4.69) is 30.3 Å². The molecule has 0 aliphatic carbocycles. The highest BCUT2D eigenvalue weighted by Gasteiger charge is 2.14. The molecule has 5 nitrogen and oxygen atoms in total. The Bertz CT molecular complexity index is 480. The Balaban J connectivity index is 2.94. The van der Waals surface area contributed by atoms with Crippen LogP contribution in [0.25, 0.3) is 0 Å². The summed E-state index contributed by atoms with van der Waals surface area (Å²) in [5, 5.41) is 11.9. The summed E-state index contributed by atoms with van der Waals surface area (Å²) in [6.45, 7) is 3.02. The van der Waals surface area contributed by atoms with Crippen LogP contribution in [0.15, 0.2) is 23.4 Å². The van der Waals surface area contributed by atoms with Crippen LogP contribution in [0.1, 0.15) is 24.5 Å². The molecule has 1 unspecified atom stereocenters. The van der Waals surface area contributed by atoms with Gasteiger partial charge in [-0.2, -0.15) is 11.8 Å². The molecule has 0 radical (unpaired) electrons. The first kappa shape index (κ1) is 17.7. The van der Waals surface area contributed by atoms with Crippen LogP contribution in [-0.4, -0.2) is 48.2 Å². The van der Waals surface area contributed by atoms with Crippen molar-refractivity contribution in [2.75, 3.05) is 26.2 Å². The molecule has 0 aliphatic heterocycles. The highest BCUT2D eigenvalue weighted by molar-refractivity contribution is 7.98. The number of rotatable bonds is 8. The summed E-state index contributed by atoms with van der Waals surface area (Å²) in [7, 11) is 3.69. The summed E-state index contributed by atoms with van der Waals surface area (Å²) in [5.41, 5.74) is 7.43. The van der Waals surface area contributed by atoms with Gasteiger partial charge in [-0.1, -0.05) is 18.1 Å². The van der Waals surface area contributed by atoms with Gasteiger partial charge in [0.2, 0.25) is 0 Å². The standard InChI is InChI=1S/C15H25N3O2S/c1-5-12(10-21-4)18(2)9-11-6-7-14(20-3)13(8-11)15(16)17-19/h6-8,12,19H,5,9-10H2,1-4H3,(H2,16,17). The first-order chi connectivity index (χ1) is 10.1. The lowest BCUT2D eigenvalue weighted by molar-refractivity contribution is 0.248. The molecule has 0 bridgehead atoms. The van der Waals surface area contributed by atoms with Crippen molar-refractivity contribution >= 4 is 17.6 Å². The maximum atomic E-state index is 8.87. The molecule has 0 fully saturated rings. The van der Waals surface area contributed by atoms with Crippen LogP contribution in [0.3, 0.4) is 0 Å². The second-order valence-electron chi connectivity index (χ2n) is 4.95. The number of hydrogen-bond acceptors (Lipinski definition) is 5. The van der Waals surface area contributed by atoms with E-state index in [0.29, 0.717) is 17.4 Å². The monoisotopic (exact) mass is 311 g/mol. The number of benzene rings is 1. The van der Waals surface area contributed by atoms with E-state index >= 15 is 0 Å². The normalized spacial score (nSPS) is 13.5. The van der Waals surface area contributed by atoms with Gasteiger partial charge in [-0.05, 0) is 37.4 Å². The van der Waals surface area contributed by atoms with Crippen LogP contribution in [0.2, 0.25) is 0 Å². The van der Waals surface area contributed by atoms with E-state index in [4.69, 9.17) is 15.7 Å². The molecule has 118 valence electrons. The van der Waals surface area contributed by atoms with Gasteiger partial charge in [-0.25, -0.2) is 0 Å². The average Bonchev–Trinajstić information content (AvgIpc) is 2.51. The highest BCUT2D eigenvalue weighted by atomic mass is 32.2. The maximum Gasteiger partial charge on any atom is 0.173 e. The quantitative estimate of drug-likeness (QED) is 0.334. The Kier molecular flexibility index (Phi) is 7.39. The average molecular weight is 311 g/mol. The minimum absolute atomic E-state index is 0.0625. The smallest absolute Gasteiger partial charge is 0.173 e. The van der Waals surface area contributed by atoms with Gasteiger partial charge in [0.25, 0.3) is 0 Å². The van der Waals surface area contributed by atoms with Crippen LogP contribution in [0.4, 0.5) is 0 Å². The molecule has 1 atom stereocenters. The predicted octanol–water partition coefficient (Wildman–Crippen LogP) is 2.36. The third-order valence-electron chi connectivity index (χ3n) is 3.53. The van der Waals surface area contributed by atoms with Crippen LogP contribution >= 0.6 is 11.8 Å². The predicted molar refractivity (Wildman–Crippen MR) is 89.4 cm³/mol. The van der Waals surface area contributed by atoms with Crippen LogP contribution in [0, 0.1) is 0 Å². The number of amidine groups is 1. The number of nitrogens with zero attached hydrogens (tertiary/aromatic N) is 2. The molecule has 0 saturated carbocycles. The minimum atomic E-state index is 0.0625. The van der Waals surface area contributed by atoms with E-state index in [-0.39, 0.29) is 5.84 Å². The van der Waals surface area contributed by atoms with Crippen molar-refractivity contribution in [3.63, 3.8) is 0 Å². The highest BCUT2D eigenvalue weighted by Crippen LogP contribution is 2.21. The number of oxime groups is 1. The molecule has 0 amide bonds. The van der Waals surface area contributed by atoms with E-state index in [1.165, 1.54) is 0 Å². The van der Waals surface area contributed by atoms with Gasteiger partial charge in [0.15, 0.2) is 5.84 Å². The van der Waals surface area contributed by atoms with Gasteiger partial charge in [0, 0.05) is 18.3 Å². The molecular formula is C15H25N3O2S. The Labute approximate surface area is 131 Å². The van der Waals surface area contributed by atoms with Gasteiger partial charge in [0.1, 0.15) is 5.75 Å². The van der Waals surface area contributed by atoms with E-state index in [0.717, 1.165) is 24.3 Å². The Hall–Kier alpha value is -1.40. The molecule has 21 heavy (non-hydrogen) atoms. The van der Waals surface area contributed by atoms with E-state index in [9.17, 15) is 0 Å². The number of methoxy groups -OCH3 is 1. The lowest BCUT2D eigenvalue weighted by atomic mass is 10.1. The van der Waals surface area contributed by atoms with Gasteiger partial charge in [-0.3, -0.25) is 4.90 Å².